The number of methoxy groups -OCH3 is 1. The minimum atomic E-state index is 0.193. The summed E-state index contributed by atoms with van der Waals surface area (Å²) in [7, 11) is 1.71. The molecule has 1 atom stereocenters. The van der Waals surface area contributed by atoms with Gasteiger partial charge in [-0.05, 0) is 51.5 Å². The molecule has 0 rings (SSSR count). The number of hydrogen-bond acceptors (Lipinski definition) is 3. The number of rotatable bonds is 9. The van der Waals surface area contributed by atoms with Crippen LogP contribution in [0.5, 0.6) is 0 Å². The minimum absolute atomic E-state index is 0.193. The second kappa shape index (κ2) is 8.93. The molecule has 0 saturated carbocycles. The maximum atomic E-state index is 5.54. The van der Waals surface area contributed by atoms with Gasteiger partial charge in [-0.2, -0.15) is 0 Å². The topological polar surface area (TPSA) is 30.5 Å². The maximum Gasteiger partial charge on any atom is 0.0700 e. The van der Waals surface area contributed by atoms with Crippen molar-refractivity contribution in [2.75, 3.05) is 33.5 Å². The molecule has 3 heteroatoms. The third kappa shape index (κ3) is 11.4. The van der Waals surface area contributed by atoms with E-state index < -0.39 is 0 Å². The first kappa shape index (κ1) is 18.9. The molecule has 0 amide bonds. The molecule has 0 aliphatic rings. The summed E-state index contributed by atoms with van der Waals surface area (Å²) < 4.78 is 10.5. The summed E-state index contributed by atoms with van der Waals surface area (Å²) in [5.74, 6) is 0.678. The molecule has 0 spiro atoms. The van der Waals surface area contributed by atoms with Crippen LogP contribution in [0.3, 0.4) is 0 Å². The lowest BCUT2D eigenvalue weighted by Gasteiger charge is -2.34. The summed E-state index contributed by atoms with van der Waals surface area (Å²) in [6, 6.07) is 0. The molecule has 116 valence electrons. The quantitative estimate of drug-likeness (QED) is 0.652. The smallest absolute Gasteiger partial charge is 0.0700 e. The summed E-state index contributed by atoms with van der Waals surface area (Å²) in [6.07, 6.45) is 2.33. The van der Waals surface area contributed by atoms with Crippen LogP contribution in [0.2, 0.25) is 0 Å². The highest BCUT2D eigenvalue weighted by Crippen LogP contribution is 2.29. The van der Waals surface area contributed by atoms with Crippen LogP contribution in [-0.4, -0.2) is 39.0 Å². The van der Waals surface area contributed by atoms with Gasteiger partial charge < -0.3 is 14.8 Å². The Hall–Kier alpha value is -0.120. The molecule has 0 heterocycles. The summed E-state index contributed by atoms with van der Waals surface area (Å²) >= 11 is 0. The molecular weight excluding hydrogens is 238 g/mol. The van der Waals surface area contributed by atoms with Crippen LogP contribution in [-0.2, 0) is 9.47 Å². The monoisotopic (exact) mass is 273 g/mol. The molecule has 3 nitrogen and oxygen atoms in total. The van der Waals surface area contributed by atoms with Gasteiger partial charge >= 0.3 is 0 Å². The Morgan fingerprint density at radius 2 is 1.58 bits per heavy atom. The first-order chi connectivity index (χ1) is 8.67. The van der Waals surface area contributed by atoms with Crippen LogP contribution in [0.15, 0.2) is 0 Å². The van der Waals surface area contributed by atoms with E-state index in [0.717, 1.165) is 19.6 Å². The highest BCUT2D eigenvalue weighted by atomic mass is 16.5. The molecule has 0 aromatic heterocycles. The maximum absolute atomic E-state index is 5.54. The van der Waals surface area contributed by atoms with Gasteiger partial charge in [-0.15, -0.1) is 0 Å². The summed E-state index contributed by atoms with van der Waals surface area (Å²) in [5.41, 5.74) is 0.531. The van der Waals surface area contributed by atoms with E-state index in [2.05, 4.69) is 46.9 Å². The van der Waals surface area contributed by atoms with Crippen molar-refractivity contribution in [3.8, 4) is 0 Å². The second-order valence-corrected chi connectivity index (χ2v) is 7.44. The van der Waals surface area contributed by atoms with Gasteiger partial charge in [0.1, 0.15) is 0 Å². The zero-order chi connectivity index (χ0) is 14.9. The molecule has 0 aromatic rings. The van der Waals surface area contributed by atoms with Gasteiger partial charge in [-0.3, -0.25) is 0 Å². The predicted octanol–water partition coefficient (Wildman–Crippen LogP) is 3.48. The Labute approximate surface area is 120 Å². The SMILES string of the molecule is COCCOCCCC(CNC(C)(C)C)C(C)(C)C. The van der Waals surface area contributed by atoms with E-state index in [0.29, 0.717) is 24.5 Å². The van der Waals surface area contributed by atoms with Gasteiger partial charge in [0.2, 0.25) is 0 Å². The largest absolute Gasteiger partial charge is 0.382 e. The van der Waals surface area contributed by atoms with Gasteiger partial charge in [0.15, 0.2) is 0 Å². The highest BCUT2D eigenvalue weighted by Gasteiger charge is 2.25. The lowest BCUT2D eigenvalue weighted by atomic mass is 9.78. The van der Waals surface area contributed by atoms with Gasteiger partial charge in [-0.25, -0.2) is 0 Å². The van der Waals surface area contributed by atoms with Crippen molar-refractivity contribution in [3.05, 3.63) is 0 Å². The minimum Gasteiger partial charge on any atom is -0.382 e. The molecule has 1 N–H and O–H groups in total. The Balaban J connectivity index is 3.95. The fourth-order valence-electron chi connectivity index (χ4n) is 1.95. The van der Waals surface area contributed by atoms with Gasteiger partial charge in [-0.1, -0.05) is 20.8 Å². The molecule has 0 aromatic carbocycles. The third-order valence-electron chi connectivity index (χ3n) is 3.38. The average molecular weight is 273 g/mol. The normalized spacial score (nSPS) is 14.7. The molecule has 0 radical (unpaired) electrons. The fourth-order valence-corrected chi connectivity index (χ4v) is 1.95. The first-order valence-electron chi connectivity index (χ1n) is 7.48. The van der Waals surface area contributed by atoms with E-state index in [1.165, 1.54) is 6.42 Å². The summed E-state index contributed by atoms with van der Waals surface area (Å²) in [5, 5.41) is 3.63. The van der Waals surface area contributed by atoms with Crippen LogP contribution in [0.4, 0.5) is 0 Å². The molecule has 0 saturated heterocycles. The van der Waals surface area contributed by atoms with Crippen molar-refractivity contribution in [2.45, 2.75) is 59.9 Å². The third-order valence-corrected chi connectivity index (χ3v) is 3.38. The standard InChI is InChI=1S/C16H35NO2/c1-15(2,3)14(13-17-16(4,5)6)9-8-10-19-12-11-18-7/h14,17H,8-13H2,1-7H3. The van der Waals surface area contributed by atoms with Gasteiger partial charge in [0.25, 0.3) is 0 Å². The van der Waals surface area contributed by atoms with Crippen molar-refractivity contribution in [3.63, 3.8) is 0 Å². The van der Waals surface area contributed by atoms with Crippen LogP contribution in [0, 0.1) is 11.3 Å². The number of nitrogens with one attached hydrogen (secondary N) is 1. The Kier molecular flexibility index (Phi) is 8.88. The Morgan fingerprint density at radius 1 is 0.947 bits per heavy atom. The van der Waals surface area contributed by atoms with Crippen molar-refractivity contribution in [1.82, 2.24) is 5.32 Å². The molecule has 0 aliphatic carbocycles. The predicted molar refractivity (Wildman–Crippen MR) is 82.6 cm³/mol. The molecule has 0 fully saturated rings. The molecule has 1 unspecified atom stereocenters. The number of hydrogen-bond donors (Lipinski definition) is 1. The zero-order valence-electron chi connectivity index (χ0n) is 14.1. The van der Waals surface area contributed by atoms with Gasteiger partial charge in [0.05, 0.1) is 13.2 Å². The Bertz CT molecular complexity index is 216. The fraction of sp³-hybridized carbons (Fsp3) is 1.00. The van der Waals surface area contributed by atoms with Crippen LogP contribution in [0.1, 0.15) is 54.4 Å². The molecule has 0 bridgehead atoms. The van der Waals surface area contributed by atoms with Crippen molar-refractivity contribution in [2.24, 2.45) is 11.3 Å². The van der Waals surface area contributed by atoms with Crippen molar-refractivity contribution >= 4 is 0 Å². The van der Waals surface area contributed by atoms with Crippen LogP contribution >= 0.6 is 0 Å². The lowest BCUT2D eigenvalue weighted by Crippen LogP contribution is -2.42. The van der Waals surface area contributed by atoms with E-state index in [4.69, 9.17) is 9.47 Å². The van der Waals surface area contributed by atoms with Crippen molar-refractivity contribution < 1.29 is 9.47 Å². The van der Waals surface area contributed by atoms with E-state index in [1.807, 2.05) is 0 Å². The van der Waals surface area contributed by atoms with E-state index in [1.54, 1.807) is 7.11 Å². The number of ether oxygens (including phenoxy) is 2. The zero-order valence-corrected chi connectivity index (χ0v) is 14.1. The summed E-state index contributed by atoms with van der Waals surface area (Å²) in [4.78, 5) is 0. The van der Waals surface area contributed by atoms with E-state index >= 15 is 0 Å². The molecular formula is C16H35NO2. The second-order valence-electron chi connectivity index (χ2n) is 7.44. The van der Waals surface area contributed by atoms with Crippen LogP contribution < -0.4 is 5.32 Å². The molecule has 0 aliphatic heterocycles. The average Bonchev–Trinajstić information content (AvgIpc) is 2.23. The highest BCUT2D eigenvalue weighted by molar-refractivity contribution is 4.80. The molecule has 19 heavy (non-hydrogen) atoms. The first-order valence-corrected chi connectivity index (χ1v) is 7.48. The lowest BCUT2D eigenvalue weighted by molar-refractivity contribution is 0.0639. The van der Waals surface area contributed by atoms with E-state index in [9.17, 15) is 0 Å². The Morgan fingerprint density at radius 3 is 2.05 bits per heavy atom. The summed E-state index contributed by atoms with van der Waals surface area (Å²) in [6.45, 7) is 17.0. The van der Waals surface area contributed by atoms with Crippen LogP contribution in [0.25, 0.3) is 0 Å². The van der Waals surface area contributed by atoms with Gasteiger partial charge in [0, 0.05) is 19.3 Å². The van der Waals surface area contributed by atoms with Crippen molar-refractivity contribution in [1.29, 1.82) is 0 Å². The van der Waals surface area contributed by atoms with E-state index in [-0.39, 0.29) is 5.54 Å².